The molecule has 26 heavy (non-hydrogen) atoms. The topological polar surface area (TPSA) is 15.6 Å². The quantitative estimate of drug-likeness (QED) is 0.547. The first-order chi connectivity index (χ1) is 12.7. The van der Waals surface area contributed by atoms with Crippen molar-refractivity contribution < 1.29 is 0 Å². The monoisotopic (exact) mass is 338 g/mol. The van der Waals surface area contributed by atoms with E-state index in [9.17, 15) is 0 Å². The molecule has 3 aromatic carbocycles. The molecule has 1 aliphatic rings. The first kappa shape index (κ1) is 16.3. The molecular weight excluding hydrogens is 316 g/mol. The van der Waals surface area contributed by atoms with E-state index in [0.717, 1.165) is 12.1 Å². The number of nitrogens with zero attached hydrogens (tertiary/aromatic N) is 2. The Morgan fingerprint density at radius 3 is 2.42 bits per heavy atom. The van der Waals surface area contributed by atoms with Crippen LogP contribution in [0.4, 0.5) is 5.69 Å². The zero-order valence-corrected chi connectivity index (χ0v) is 15.2. The van der Waals surface area contributed by atoms with Gasteiger partial charge in [-0.3, -0.25) is 4.99 Å². The lowest BCUT2D eigenvalue weighted by molar-refractivity contribution is 0.531. The van der Waals surface area contributed by atoms with Crippen LogP contribution in [0.2, 0.25) is 0 Å². The molecule has 0 bridgehead atoms. The molecule has 0 saturated carbocycles. The third-order valence-electron chi connectivity index (χ3n) is 4.79. The number of para-hydroxylation sites is 1. The van der Waals surface area contributed by atoms with E-state index in [4.69, 9.17) is 4.99 Å². The van der Waals surface area contributed by atoms with Crippen LogP contribution in [0.1, 0.15) is 17.5 Å². The number of rotatable bonds is 4. The second-order valence-electron chi connectivity index (χ2n) is 6.74. The largest absolute Gasteiger partial charge is 0.378 e. The maximum Gasteiger partial charge on any atom is 0.0629 e. The van der Waals surface area contributed by atoms with Gasteiger partial charge in [-0.1, -0.05) is 60.7 Å². The summed E-state index contributed by atoms with van der Waals surface area (Å²) in [7, 11) is 4.17. The average molecular weight is 338 g/mol. The van der Waals surface area contributed by atoms with Crippen LogP contribution in [0.25, 0.3) is 16.3 Å². The van der Waals surface area contributed by atoms with E-state index in [2.05, 4.69) is 67.5 Å². The standard InChI is InChI=1S/C24H22N2/c1-26(2)21-14-12-19(16-21)23-15-13-18-8-6-7-11-22(18)24(23)17-25-20-9-4-3-5-10-20/h3-11,13-17H,12H2,1-2H3. The molecule has 0 fully saturated rings. The van der Waals surface area contributed by atoms with E-state index < -0.39 is 0 Å². The van der Waals surface area contributed by atoms with E-state index in [1.54, 1.807) is 0 Å². The number of hydrogen-bond donors (Lipinski definition) is 0. The van der Waals surface area contributed by atoms with Crippen molar-refractivity contribution in [2.24, 2.45) is 4.99 Å². The van der Waals surface area contributed by atoms with Crippen LogP contribution in [0.5, 0.6) is 0 Å². The molecule has 0 unspecified atom stereocenters. The van der Waals surface area contributed by atoms with Crippen molar-refractivity contribution in [3.8, 4) is 0 Å². The molecule has 128 valence electrons. The summed E-state index contributed by atoms with van der Waals surface area (Å²) in [5, 5.41) is 2.48. The zero-order chi connectivity index (χ0) is 17.9. The normalized spacial score (nSPS) is 13.9. The van der Waals surface area contributed by atoms with Gasteiger partial charge in [-0.25, -0.2) is 0 Å². The molecule has 2 heteroatoms. The summed E-state index contributed by atoms with van der Waals surface area (Å²) in [4.78, 5) is 6.89. The van der Waals surface area contributed by atoms with Crippen LogP contribution in [0.3, 0.4) is 0 Å². The molecule has 0 saturated heterocycles. The molecule has 4 rings (SSSR count). The minimum absolute atomic E-state index is 0.956. The molecule has 0 aromatic heterocycles. The van der Waals surface area contributed by atoms with E-state index in [-0.39, 0.29) is 0 Å². The van der Waals surface area contributed by atoms with E-state index in [1.807, 2.05) is 36.5 Å². The smallest absolute Gasteiger partial charge is 0.0629 e. The van der Waals surface area contributed by atoms with E-state index in [0.29, 0.717) is 0 Å². The minimum atomic E-state index is 0.956. The van der Waals surface area contributed by atoms with Crippen LogP contribution in [-0.2, 0) is 0 Å². The molecule has 3 aromatic rings. The number of aliphatic imine (C=N–C) groups is 1. The fraction of sp³-hybridized carbons (Fsp3) is 0.125. The van der Waals surface area contributed by atoms with Crippen molar-refractivity contribution in [3.05, 3.63) is 95.7 Å². The summed E-state index contributed by atoms with van der Waals surface area (Å²) in [6.45, 7) is 0. The zero-order valence-electron chi connectivity index (χ0n) is 15.2. The number of benzene rings is 3. The van der Waals surface area contributed by atoms with Gasteiger partial charge in [0.15, 0.2) is 0 Å². The van der Waals surface area contributed by atoms with Gasteiger partial charge in [-0.2, -0.15) is 0 Å². The average Bonchev–Trinajstić information content (AvgIpc) is 3.17. The fourth-order valence-electron chi connectivity index (χ4n) is 3.38. The van der Waals surface area contributed by atoms with Crippen LogP contribution >= 0.6 is 0 Å². The molecule has 0 radical (unpaired) electrons. The van der Waals surface area contributed by atoms with Crippen molar-refractivity contribution in [2.75, 3.05) is 14.1 Å². The highest BCUT2D eigenvalue weighted by molar-refractivity contribution is 6.05. The van der Waals surface area contributed by atoms with Crippen LogP contribution in [0, 0.1) is 0 Å². The van der Waals surface area contributed by atoms with Gasteiger partial charge < -0.3 is 4.90 Å². The number of allylic oxidation sites excluding steroid dienone is 3. The first-order valence-electron chi connectivity index (χ1n) is 8.92. The predicted molar refractivity (Wildman–Crippen MR) is 112 cm³/mol. The van der Waals surface area contributed by atoms with Gasteiger partial charge in [-0.05, 0) is 46.5 Å². The van der Waals surface area contributed by atoms with Gasteiger partial charge in [0, 0.05) is 31.6 Å². The Bertz CT molecular complexity index is 1020. The Kier molecular flexibility index (Phi) is 4.40. The maximum absolute atomic E-state index is 4.73. The summed E-state index contributed by atoms with van der Waals surface area (Å²) < 4.78 is 0. The predicted octanol–water partition coefficient (Wildman–Crippen LogP) is 5.82. The van der Waals surface area contributed by atoms with E-state index in [1.165, 1.54) is 33.2 Å². The fourth-order valence-corrected chi connectivity index (χ4v) is 3.38. The number of fused-ring (bicyclic) bond motifs is 1. The van der Waals surface area contributed by atoms with Gasteiger partial charge in [0.25, 0.3) is 0 Å². The van der Waals surface area contributed by atoms with Gasteiger partial charge >= 0.3 is 0 Å². The Morgan fingerprint density at radius 2 is 1.65 bits per heavy atom. The van der Waals surface area contributed by atoms with Gasteiger partial charge in [0.2, 0.25) is 0 Å². The Hall–Kier alpha value is -3.13. The molecule has 2 nitrogen and oxygen atoms in total. The second kappa shape index (κ2) is 7.01. The lowest BCUT2D eigenvalue weighted by Crippen LogP contribution is -2.07. The minimum Gasteiger partial charge on any atom is -0.378 e. The molecule has 1 aliphatic carbocycles. The van der Waals surface area contributed by atoms with Gasteiger partial charge in [0.05, 0.1) is 5.69 Å². The lowest BCUT2D eigenvalue weighted by atomic mass is 9.94. The molecular formula is C24H22N2. The summed E-state index contributed by atoms with van der Waals surface area (Å²) in [6, 6.07) is 23.1. The van der Waals surface area contributed by atoms with Crippen LogP contribution in [0.15, 0.2) is 89.6 Å². The summed E-state index contributed by atoms with van der Waals surface area (Å²) in [5.74, 6) is 0. The van der Waals surface area contributed by atoms with Gasteiger partial charge in [0.1, 0.15) is 0 Å². The third kappa shape index (κ3) is 3.18. The SMILES string of the molecule is CN(C)C1=CCC(c2ccc3ccccc3c2C=Nc2ccccc2)=C1. The summed E-state index contributed by atoms with van der Waals surface area (Å²) in [5.41, 5.74) is 6.02. The first-order valence-corrected chi connectivity index (χ1v) is 8.92. The van der Waals surface area contributed by atoms with Crippen molar-refractivity contribution in [2.45, 2.75) is 6.42 Å². The van der Waals surface area contributed by atoms with Crippen molar-refractivity contribution >= 4 is 28.2 Å². The maximum atomic E-state index is 4.73. The molecule has 0 N–H and O–H groups in total. The number of hydrogen-bond acceptors (Lipinski definition) is 2. The lowest BCUT2D eigenvalue weighted by Gasteiger charge is -2.12. The Balaban J connectivity index is 1.83. The molecule has 0 atom stereocenters. The van der Waals surface area contributed by atoms with Gasteiger partial charge in [-0.15, -0.1) is 0 Å². The Morgan fingerprint density at radius 1 is 0.885 bits per heavy atom. The van der Waals surface area contributed by atoms with Crippen molar-refractivity contribution in [1.29, 1.82) is 0 Å². The highest BCUT2D eigenvalue weighted by atomic mass is 15.1. The molecule has 0 heterocycles. The summed E-state index contributed by atoms with van der Waals surface area (Å²) in [6.07, 6.45) is 7.53. The molecule has 0 aliphatic heterocycles. The van der Waals surface area contributed by atoms with Crippen molar-refractivity contribution in [3.63, 3.8) is 0 Å². The molecule has 0 spiro atoms. The highest BCUT2D eigenvalue weighted by Crippen LogP contribution is 2.33. The summed E-state index contributed by atoms with van der Waals surface area (Å²) >= 11 is 0. The van der Waals surface area contributed by atoms with Crippen molar-refractivity contribution in [1.82, 2.24) is 4.90 Å². The van der Waals surface area contributed by atoms with E-state index >= 15 is 0 Å². The Labute approximate surface area is 154 Å². The number of likely N-dealkylation sites (N-methyl/N-ethyl adjacent to an activating group) is 1. The highest BCUT2D eigenvalue weighted by Gasteiger charge is 2.14. The molecule has 0 amide bonds. The van der Waals surface area contributed by atoms with Crippen LogP contribution < -0.4 is 0 Å². The van der Waals surface area contributed by atoms with Crippen LogP contribution in [-0.4, -0.2) is 25.2 Å². The second-order valence-corrected chi connectivity index (χ2v) is 6.74. The third-order valence-corrected chi connectivity index (χ3v) is 4.79.